The maximum absolute atomic E-state index is 9.98. The Labute approximate surface area is 59.2 Å². The fourth-order valence-electron chi connectivity index (χ4n) is 0.246. The van der Waals surface area contributed by atoms with Crippen molar-refractivity contribution in [1.82, 2.24) is 0 Å². The summed E-state index contributed by atoms with van der Waals surface area (Å²) in [7, 11) is 0. The van der Waals surface area contributed by atoms with Crippen molar-refractivity contribution in [2.24, 2.45) is 0 Å². The van der Waals surface area contributed by atoms with Crippen molar-refractivity contribution < 1.29 is 19.1 Å². The van der Waals surface area contributed by atoms with Crippen LogP contribution in [0.3, 0.4) is 0 Å². The molecule has 0 aliphatic rings. The highest BCUT2D eigenvalue weighted by atomic mass is 16.5. The third kappa shape index (κ3) is 28.9. The molecule has 0 heterocycles. The van der Waals surface area contributed by atoms with Crippen LogP contribution < -0.4 is 0 Å². The van der Waals surface area contributed by atoms with Gasteiger partial charge in [0.15, 0.2) is 0 Å². The highest BCUT2D eigenvalue weighted by molar-refractivity contribution is 5.65. The zero-order valence-electron chi connectivity index (χ0n) is 6.05. The Hall–Kier alpha value is -1.15. The van der Waals surface area contributed by atoms with E-state index in [1.807, 2.05) is 6.92 Å². The third-order valence-corrected chi connectivity index (χ3v) is 0.509. The lowest BCUT2D eigenvalue weighted by molar-refractivity contribution is -0.191. The summed E-state index contributed by atoms with van der Waals surface area (Å²) in [5, 5.41) is 0. The van der Waals surface area contributed by atoms with Crippen molar-refractivity contribution in [3.05, 3.63) is 0 Å². The minimum atomic E-state index is -0.193. The maximum atomic E-state index is 9.98. The molecule has 4 heteroatoms. The van der Waals surface area contributed by atoms with Gasteiger partial charge in [0, 0.05) is 6.92 Å². The van der Waals surface area contributed by atoms with Crippen LogP contribution in [0.1, 0.15) is 20.3 Å². The number of hydrogen-bond acceptors (Lipinski definition) is 4. The Bertz CT molecular complexity index is 113. The van der Waals surface area contributed by atoms with Crippen molar-refractivity contribution in [1.29, 1.82) is 0 Å². The van der Waals surface area contributed by atoms with E-state index in [1.54, 1.807) is 0 Å². The first-order valence-electron chi connectivity index (χ1n) is 2.81. The molecule has 0 radical (unpaired) electrons. The van der Waals surface area contributed by atoms with Gasteiger partial charge in [-0.2, -0.15) is 9.59 Å². The van der Waals surface area contributed by atoms with Crippen LogP contribution in [0.25, 0.3) is 0 Å². The van der Waals surface area contributed by atoms with E-state index in [9.17, 15) is 4.79 Å². The topological polar surface area (TPSA) is 60.4 Å². The summed E-state index contributed by atoms with van der Waals surface area (Å²) in [6.07, 6.45) is 1.15. The van der Waals surface area contributed by atoms with E-state index >= 15 is 0 Å². The molecule has 0 aromatic carbocycles. The molecule has 0 saturated heterocycles. The fraction of sp³-hybridized carbons (Fsp3) is 0.667. The Morgan fingerprint density at radius 1 is 1.50 bits per heavy atom. The zero-order chi connectivity index (χ0) is 8.41. The van der Waals surface area contributed by atoms with Crippen molar-refractivity contribution in [2.45, 2.75) is 20.3 Å². The average molecular weight is 146 g/mol. The van der Waals surface area contributed by atoms with Crippen molar-refractivity contribution >= 4 is 12.1 Å². The summed E-state index contributed by atoms with van der Waals surface area (Å²) in [6.45, 7) is 3.92. The molecule has 0 aliphatic heterocycles. The van der Waals surface area contributed by atoms with Crippen LogP contribution in [0.5, 0.6) is 0 Å². The van der Waals surface area contributed by atoms with Crippen LogP contribution in [0, 0.1) is 0 Å². The van der Waals surface area contributed by atoms with Gasteiger partial charge < -0.3 is 4.74 Å². The molecule has 58 valence electrons. The molecule has 0 fully saturated rings. The second-order valence-corrected chi connectivity index (χ2v) is 1.42. The predicted molar refractivity (Wildman–Crippen MR) is 31.9 cm³/mol. The number of rotatable bonds is 2. The summed E-state index contributed by atoms with van der Waals surface area (Å²) < 4.78 is 4.55. The van der Waals surface area contributed by atoms with E-state index in [1.165, 1.54) is 6.92 Å². The second kappa shape index (κ2) is 10.8. The molecular formula is C6H10O4. The molecule has 4 nitrogen and oxygen atoms in total. The van der Waals surface area contributed by atoms with Crippen LogP contribution in [-0.4, -0.2) is 18.7 Å². The lowest BCUT2D eigenvalue weighted by Gasteiger charge is -1.93. The van der Waals surface area contributed by atoms with Gasteiger partial charge in [-0.05, 0) is 6.42 Å². The van der Waals surface area contributed by atoms with Gasteiger partial charge in [0.2, 0.25) is 0 Å². The first kappa shape index (κ1) is 11.6. The van der Waals surface area contributed by atoms with Crippen LogP contribution in [0.2, 0.25) is 0 Å². The van der Waals surface area contributed by atoms with Crippen molar-refractivity contribution in [2.75, 3.05) is 6.61 Å². The average Bonchev–Trinajstić information content (AvgIpc) is 1.85. The molecular weight excluding hydrogens is 136 g/mol. The Morgan fingerprint density at radius 2 is 1.90 bits per heavy atom. The standard InChI is InChI=1S/C5H10O2.CO2/c1-3-4-7-5(2)6;2-1-3/h3-4H2,1-2H3;. The SMILES string of the molecule is CCCOC(C)=O.O=C=O. The second-order valence-electron chi connectivity index (χ2n) is 1.42. The Morgan fingerprint density at radius 3 is 2.00 bits per heavy atom. The number of ether oxygens (including phenoxy) is 1. The number of carbonyl (C=O) groups is 1. The van der Waals surface area contributed by atoms with Crippen molar-refractivity contribution in [3.63, 3.8) is 0 Å². The quantitative estimate of drug-likeness (QED) is 0.528. The van der Waals surface area contributed by atoms with E-state index in [4.69, 9.17) is 9.59 Å². The van der Waals surface area contributed by atoms with Gasteiger partial charge in [0.1, 0.15) is 0 Å². The summed E-state index contributed by atoms with van der Waals surface area (Å²) in [4.78, 5) is 26.2. The fourth-order valence-corrected chi connectivity index (χ4v) is 0.246. The minimum Gasteiger partial charge on any atom is -0.466 e. The zero-order valence-corrected chi connectivity index (χ0v) is 6.05. The van der Waals surface area contributed by atoms with Gasteiger partial charge >= 0.3 is 12.1 Å². The van der Waals surface area contributed by atoms with Gasteiger partial charge in [0.05, 0.1) is 6.61 Å². The largest absolute Gasteiger partial charge is 0.466 e. The van der Waals surface area contributed by atoms with E-state index < -0.39 is 0 Å². The molecule has 0 N–H and O–H groups in total. The smallest absolute Gasteiger partial charge is 0.373 e. The molecule has 0 bridgehead atoms. The lowest BCUT2D eigenvalue weighted by Crippen LogP contribution is -1.98. The molecule has 10 heavy (non-hydrogen) atoms. The Balaban J connectivity index is 0. The third-order valence-electron chi connectivity index (χ3n) is 0.509. The van der Waals surface area contributed by atoms with E-state index in [-0.39, 0.29) is 12.1 Å². The summed E-state index contributed by atoms with van der Waals surface area (Å²) in [6, 6.07) is 0. The first-order chi connectivity index (χ1) is 4.68. The molecule has 0 unspecified atom stereocenters. The van der Waals surface area contributed by atoms with E-state index in [0.29, 0.717) is 6.61 Å². The van der Waals surface area contributed by atoms with Crippen LogP contribution >= 0.6 is 0 Å². The molecule has 0 atom stereocenters. The number of hydrogen-bond donors (Lipinski definition) is 0. The molecule has 0 aromatic heterocycles. The molecule has 0 aliphatic carbocycles. The predicted octanol–water partition coefficient (Wildman–Crippen LogP) is 0.376. The summed E-state index contributed by atoms with van der Waals surface area (Å²) >= 11 is 0. The summed E-state index contributed by atoms with van der Waals surface area (Å²) in [5.41, 5.74) is 0. The van der Waals surface area contributed by atoms with E-state index in [0.717, 1.165) is 6.42 Å². The van der Waals surface area contributed by atoms with Gasteiger partial charge in [-0.3, -0.25) is 4.79 Å². The number of esters is 1. The molecule has 0 saturated carbocycles. The first-order valence-corrected chi connectivity index (χ1v) is 2.81. The Kier molecular flexibility index (Phi) is 12.5. The van der Waals surface area contributed by atoms with Crippen molar-refractivity contribution in [3.8, 4) is 0 Å². The summed E-state index contributed by atoms with van der Waals surface area (Å²) in [5.74, 6) is -0.193. The lowest BCUT2D eigenvalue weighted by atomic mass is 10.5. The normalized spacial score (nSPS) is 6.60. The van der Waals surface area contributed by atoms with Crippen LogP contribution in [0.15, 0.2) is 0 Å². The minimum absolute atomic E-state index is 0.193. The molecule has 0 aromatic rings. The van der Waals surface area contributed by atoms with Crippen LogP contribution in [0.4, 0.5) is 0 Å². The van der Waals surface area contributed by atoms with E-state index in [2.05, 4.69) is 4.74 Å². The van der Waals surface area contributed by atoms with Gasteiger partial charge in [-0.15, -0.1) is 0 Å². The van der Waals surface area contributed by atoms with Gasteiger partial charge in [-0.1, -0.05) is 6.92 Å². The number of carbonyl (C=O) groups excluding carboxylic acids is 3. The molecule has 0 spiro atoms. The van der Waals surface area contributed by atoms with Gasteiger partial charge in [0.25, 0.3) is 0 Å². The maximum Gasteiger partial charge on any atom is 0.373 e. The highest BCUT2D eigenvalue weighted by Crippen LogP contribution is 1.78. The molecule has 0 rings (SSSR count). The highest BCUT2D eigenvalue weighted by Gasteiger charge is 1.85. The van der Waals surface area contributed by atoms with Gasteiger partial charge in [-0.25, -0.2) is 0 Å². The van der Waals surface area contributed by atoms with Crippen LogP contribution in [-0.2, 0) is 19.1 Å². The monoisotopic (exact) mass is 146 g/mol. The molecule has 0 amide bonds.